The molecular formula is C27H20FN5O5. The summed E-state index contributed by atoms with van der Waals surface area (Å²) in [4.78, 5) is 46.6. The number of ether oxygens (including phenoxy) is 1. The van der Waals surface area contributed by atoms with Crippen molar-refractivity contribution in [1.29, 1.82) is 0 Å². The lowest BCUT2D eigenvalue weighted by Crippen LogP contribution is -2.22. The Labute approximate surface area is 214 Å². The average Bonchev–Trinajstić information content (AvgIpc) is 3.40. The number of aromatic nitrogens is 4. The molecule has 5 rings (SSSR count). The fraction of sp³-hybridized carbons (Fsp3) is 0.111. The van der Waals surface area contributed by atoms with E-state index in [1.54, 1.807) is 37.3 Å². The Kier molecular flexibility index (Phi) is 6.48. The van der Waals surface area contributed by atoms with E-state index in [4.69, 9.17) is 4.52 Å². The summed E-state index contributed by atoms with van der Waals surface area (Å²) in [7, 11) is 1.29. The number of methoxy groups -OCH3 is 1. The second kappa shape index (κ2) is 10.1. The molecule has 0 fully saturated rings. The van der Waals surface area contributed by atoms with Crippen LogP contribution >= 0.6 is 0 Å². The molecule has 0 radical (unpaired) electrons. The number of hydrogen-bond donors (Lipinski definition) is 1. The molecule has 0 bridgehead atoms. The van der Waals surface area contributed by atoms with Gasteiger partial charge < -0.3 is 19.1 Å². The van der Waals surface area contributed by atoms with E-state index in [-0.39, 0.29) is 29.2 Å². The first-order valence-electron chi connectivity index (χ1n) is 11.4. The van der Waals surface area contributed by atoms with Gasteiger partial charge in [-0.3, -0.25) is 9.59 Å². The zero-order valence-corrected chi connectivity index (χ0v) is 20.3. The van der Waals surface area contributed by atoms with Gasteiger partial charge in [0.05, 0.1) is 18.1 Å². The van der Waals surface area contributed by atoms with Gasteiger partial charge in [-0.05, 0) is 55.5 Å². The lowest BCUT2D eigenvalue weighted by Gasteiger charge is -2.12. The SMILES string of the molecule is COC(=O)c1ccc(NC(=O)Cn2cc(-c3nc(-c4cccc(F)c4)no3)c(=O)c3ccc(C)nc32)cc1. The minimum absolute atomic E-state index is 0.0635. The predicted molar refractivity (Wildman–Crippen MR) is 136 cm³/mol. The molecule has 0 saturated heterocycles. The van der Waals surface area contributed by atoms with Gasteiger partial charge in [-0.1, -0.05) is 17.3 Å². The van der Waals surface area contributed by atoms with Crippen LogP contribution in [0.3, 0.4) is 0 Å². The molecule has 0 spiro atoms. The molecule has 0 unspecified atom stereocenters. The normalized spacial score (nSPS) is 10.9. The Morgan fingerprint density at radius 3 is 2.61 bits per heavy atom. The zero-order valence-electron chi connectivity index (χ0n) is 20.3. The van der Waals surface area contributed by atoms with Crippen LogP contribution in [0.25, 0.3) is 33.9 Å². The molecule has 1 amide bonds. The summed E-state index contributed by atoms with van der Waals surface area (Å²) >= 11 is 0. The number of carbonyl (C=O) groups is 2. The number of benzene rings is 2. The van der Waals surface area contributed by atoms with Gasteiger partial charge in [0.1, 0.15) is 23.6 Å². The molecule has 2 aromatic carbocycles. The molecule has 190 valence electrons. The predicted octanol–water partition coefficient (Wildman–Crippen LogP) is 3.99. The lowest BCUT2D eigenvalue weighted by atomic mass is 10.1. The maximum absolute atomic E-state index is 13.7. The van der Waals surface area contributed by atoms with Crippen LogP contribution in [0, 0.1) is 12.7 Å². The second-order valence-electron chi connectivity index (χ2n) is 8.37. The summed E-state index contributed by atoms with van der Waals surface area (Å²) in [6.07, 6.45) is 1.43. The number of nitrogens with one attached hydrogen (secondary N) is 1. The molecule has 0 atom stereocenters. The second-order valence-corrected chi connectivity index (χ2v) is 8.37. The van der Waals surface area contributed by atoms with E-state index in [0.29, 0.717) is 28.2 Å². The van der Waals surface area contributed by atoms with Gasteiger partial charge >= 0.3 is 5.97 Å². The van der Waals surface area contributed by atoms with Crippen LogP contribution < -0.4 is 10.7 Å². The first kappa shape index (κ1) is 24.5. The van der Waals surface area contributed by atoms with E-state index in [1.807, 2.05) is 0 Å². The molecule has 5 aromatic rings. The zero-order chi connectivity index (χ0) is 26.8. The van der Waals surface area contributed by atoms with Crippen molar-refractivity contribution in [3.05, 3.63) is 94.2 Å². The number of esters is 1. The van der Waals surface area contributed by atoms with Crippen molar-refractivity contribution in [3.63, 3.8) is 0 Å². The third-order valence-electron chi connectivity index (χ3n) is 5.70. The maximum atomic E-state index is 13.7. The molecular weight excluding hydrogens is 493 g/mol. The molecule has 1 N–H and O–H groups in total. The van der Waals surface area contributed by atoms with E-state index >= 15 is 0 Å². The van der Waals surface area contributed by atoms with Crippen LogP contribution in [0.15, 0.2) is 76.2 Å². The van der Waals surface area contributed by atoms with E-state index in [0.717, 1.165) is 0 Å². The number of halogens is 1. The van der Waals surface area contributed by atoms with Crippen molar-refractivity contribution in [3.8, 4) is 22.8 Å². The Morgan fingerprint density at radius 1 is 1.08 bits per heavy atom. The smallest absolute Gasteiger partial charge is 0.337 e. The fourth-order valence-electron chi connectivity index (χ4n) is 3.87. The van der Waals surface area contributed by atoms with Crippen molar-refractivity contribution in [2.75, 3.05) is 12.4 Å². The van der Waals surface area contributed by atoms with Gasteiger partial charge in [0.25, 0.3) is 5.89 Å². The van der Waals surface area contributed by atoms with Gasteiger partial charge in [-0.15, -0.1) is 0 Å². The van der Waals surface area contributed by atoms with Crippen molar-refractivity contribution in [1.82, 2.24) is 19.7 Å². The number of pyridine rings is 2. The summed E-state index contributed by atoms with van der Waals surface area (Å²) in [6, 6.07) is 15.2. The third kappa shape index (κ3) is 4.89. The highest BCUT2D eigenvalue weighted by Crippen LogP contribution is 2.23. The maximum Gasteiger partial charge on any atom is 0.337 e. The van der Waals surface area contributed by atoms with E-state index in [1.165, 1.54) is 48.2 Å². The summed E-state index contributed by atoms with van der Waals surface area (Å²) in [5, 5.41) is 6.89. The largest absolute Gasteiger partial charge is 0.465 e. The molecule has 3 heterocycles. The molecule has 38 heavy (non-hydrogen) atoms. The number of fused-ring (bicyclic) bond motifs is 1. The summed E-state index contributed by atoms with van der Waals surface area (Å²) in [5.41, 5.74) is 1.82. The van der Waals surface area contributed by atoms with Crippen molar-refractivity contribution < 1.29 is 23.2 Å². The third-order valence-corrected chi connectivity index (χ3v) is 5.70. The Bertz CT molecular complexity index is 1740. The highest BCUT2D eigenvalue weighted by Gasteiger charge is 2.19. The number of rotatable bonds is 6. The first-order valence-corrected chi connectivity index (χ1v) is 11.4. The van der Waals surface area contributed by atoms with Crippen LogP contribution in [0.2, 0.25) is 0 Å². The Morgan fingerprint density at radius 2 is 1.87 bits per heavy atom. The van der Waals surface area contributed by atoms with Crippen molar-refractivity contribution in [2.45, 2.75) is 13.5 Å². The van der Waals surface area contributed by atoms with E-state index < -0.39 is 23.1 Å². The van der Waals surface area contributed by atoms with Crippen LogP contribution in [0.5, 0.6) is 0 Å². The topological polar surface area (TPSA) is 129 Å². The van der Waals surface area contributed by atoms with Crippen LogP contribution in [0.4, 0.5) is 10.1 Å². The minimum atomic E-state index is -0.488. The number of anilines is 1. The van der Waals surface area contributed by atoms with Gasteiger partial charge in [0.2, 0.25) is 17.2 Å². The van der Waals surface area contributed by atoms with Gasteiger partial charge in [-0.25, -0.2) is 14.2 Å². The minimum Gasteiger partial charge on any atom is -0.465 e. The highest BCUT2D eigenvalue weighted by atomic mass is 19.1. The molecule has 3 aromatic heterocycles. The Balaban J connectivity index is 1.49. The molecule has 0 saturated carbocycles. The molecule has 11 heteroatoms. The number of amides is 1. The number of carbonyl (C=O) groups excluding carboxylic acids is 2. The molecule has 10 nitrogen and oxygen atoms in total. The Hall–Kier alpha value is -5.19. The summed E-state index contributed by atoms with van der Waals surface area (Å²) in [6.45, 7) is 1.58. The van der Waals surface area contributed by atoms with Gasteiger partial charge in [-0.2, -0.15) is 4.98 Å². The number of aryl methyl sites for hydroxylation is 1. The summed E-state index contributed by atoms with van der Waals surface area (Å²) in [5.74, 6) is -1.32. The molecule has 0 aliphatic heterocycles. The first-order chi connectivity index (χ1) is 18.3. The van der Waals surface area contributed by atoms with Crippen molar-refractivity contribution in [2.24, 2.45) is 0 Å². The van der Waals surface area contributed by atoms with E-state index in [9.17, 15) is 18.8 Å². The van der Waals surface area contributed by atoms with Crippen LogP contribution in [-0.4, -0.2) is 38.7 Å². The molecule has 0 aliphatic carbocycles. The van der Waals surface area contributed by atoms with Crippen LogP contribution in [0.1, 0.15) is 16.1 Å². The van der Waals surface area contributed by atoms with Gasteiger partial charge in [0, 0.05) is 23.1 Å². The lowest BCUT2D eigenvalue weighted by molar-refractivity contribution is -0.116. The molecule has 0 aliphatic rings. The quantitative estimate of drug-likeness (QED) is 0.338. The van der Waals surface area contributed by atoms with Gasteiger partial charge in [0.15, 0.2) is 0 Å². The standard InChI is InChI=1S/C27H20FN5O5/c1-15-6-11-20-23(35)21(26-31-24(32-38-26)17-4-3-5-18(28)12-17)13-33(25(20)29-15)14-22(34)30-19-9-7-16(8-10-19)27(36)37-2/h3-13H,14H2,1-2H3,(H,30,34). The van der Waals surface area contributed by atoms with E-state index in [2.05, 4.69) is 25.2 Å². The average molecular weight is 513 g/mol. The fourth-order valence-corrected chi connectivity index (χ4v) is 3.87. The monoisotopic (exact) mass is 513 g/mol. The summed E-state index contributed by atoms with van der Waals surface area (Å²) < 4.78 is 25.2. The number of nitrogens with zero attached hydrogens (tertiary/aromatic N) is 4. The highest BCUT2D eigenvalue weighted by molar-refractivity contribution is 5.93. The van der Waals surface area contributed by atoms with Crippen LogP contribution in [-0.2, 0) is 16.1 Å². The number of hydrogen-bond acceptors (Lipinski definition) is 8. The van der Waals surface area contributed by atoms with Crippen molar-refractivity contribution >= 4 is 28.6 Å².